The summed E-state index contributed by atoms with van der Waals surface area (Å²) in [7, 11) is 0. The lowest BCUT2D eigenvalue weighted by molar-refractivity contribution is 1.13. The Hall–Kier alpha value is -1.12. The summed E-state index contributed by atoms with van der Waals surface area (Å²) in [5.41, 5.74) is 2.70. The van der Waals surface area contributed by atoms with E-state index in [2.05, 4.69) is 60.7 Å². The second-order valence-electron chi connectivity index (χ2n) is 4.44. The Morgan fingerprint density at radius 1 is 0.579 bits per heavy atom. The lowest BCUT2D eigenvalue weighted by atomic mass is 10.1. The zero-order chi connectivity index (χ0) is 12.9. The normalized spacial score (nSPS) is 16.2. The second kappa shape index (κ2) is 6.36. The van der Waals surface area contributed by atoms with Gasteiger partial charge in [-0.25, -0.2) is 0 Å². The van der Waals surface area contributed by atoms with Gasteiger partial charge in [0.1, 0.15) is 0 Å². The van der Waals surface area contributed by atoms with Crippen molar-refractivity contribution in [3.8, 4) is 0 Å². The van der Waals surface area contributed by atoms with Gasteiger partial charge < -0.3 is 0 Å². The molecule has 1 aliphatic rings. The maximum atomic E-state index is 2.22. The van der Waals surface area contributed by atoms with Gasteiger partial charge in [0.05, 0.1) is 0 Å². The molecule has 2 aromatic rings. The summed E-state index contributed by atoms with van der Waals surface area (Å²) in [5.74, 6) is 2.43. The minimum atomic E-state index is 1.22. The van der Waals surface area contributed by atoms with Crippen molar-refractivity contribution in [2.24, 2.45) is 0 Å². The molecule has 0 unspecified atom stereocenters. The maximum Gasteiger partial charge on any atom is 0.0287 e. The molecule has 0 amide bonds. The molecule has 0 saturated carbocycles. The third-order valence-electron chi connectivity index (χ3n) is 3.06. The third-order valence-corrected chi connectivity index (χ3v) is 5.63. The van der Waals surface area contributed by atoms with Crippen molar-refractivity contribution >= 4 is 33.3 Å². The molecule has 2 aromatic carbocycles. The first-order valence-corrected chi connectivity index (χ1v) is 8.53. The SMILES string of the molecule is c1ccc(C2=C(c3ccccc3)SCCCS2)cc1. The van der Waals surface area contributed by atoms with Gasteiger partial charge in [0.25, 0.3) is 0 Å². The minimum Gasteiger partial charge on any atom is -0.124 e. The third kappa shape index (κ3) is 3.07. The predicted molar refractivity (Wildman–Crippen MR) is 89.2 cm³/mol. The average Bonchev–Trinajstić information content (AvgIpc) is 2.75. The van der Waals surface area contributed by atoms with Crippen molar-refractivity contribution in [2.75, 3.05) is 11.5 Å². The summed E-state index contributed by atoms with van der Waals surface area (Å²) < 4.78 is 0. The minimum absolute atomic E-state index is 1.22. The van der Waals surface area contributed by atoms with Crippen LogP contribution in [0, 0.1) is 0 Å². The van der Waals surface area contributed by atoms with E-state index < -0.39 is 0 Å². The molecule has 0 saturated heterocycles. The summed E-state index contributed by atoms with van der Waals surface area (Å²) in [4.78, 5) is 2.88. The zero-order valence-electron chi connectivity index (χ0n) is 10.7. The first kappa shape index (κ1) is 12.9. The molecule has 0 fully saturated rings. The summed E-state index contributed by atoms with van der Waals surface area (Å²) in [6.07, 6.45) is 1.28. The van der Waals surface area contributed by atoms with E-state index in [9.17, 15) is 0 Å². The Morgan fingerprint density at radius 3 is 1.42 bits per heavy atom. The Balaban J connectivity index is 2.10. The van der Waals surface area contributed by atoms with Crippen molar-refractivity contribution in [3.05, 3.63) is 71.8 Å². The number of benzene rings is 2. The van der Waals surface area contributed by atoms with Gasteiger partial charge in [-0.1, -0.05) is 60.7 Å². The van der Waals surface area contributed by atoms with E-state index in [-0.39, 0.29) is 0 Å². The van der Waals surface area contributed by atoms with Gasteiger partial charge in [-0.3, -0.25) is 0 Å². The quantitative estimate of drug-likeness (QED) is 0.726. The monoisotopic (exact) mass is 284 g/mol. The van der Waals surface area contributed by atoms with Crippen LogP contribution >= 0.6 is 23.5 Å². The van der Waals surface area contributed by atoms with Gasteiger partial charge in [0.2, 0.25) is 0 Å². The molecule has 0 atom stereocenters. The molecule has 1 heterocycles. The predicted octanol–water partition coefficient (Wildman–Crippen LogP) is 5.38. The van der Waals surface area contributed by atoms with Crippen LogP contribution in [-0.2, 0) is 0 Å². The fraction of sp³-hybridized carbons (Fsp3) is 0.176. The van der Waals surface area contributed by atoms with Crippen LogP contribution in [0.5, 0.6) is 0 Å². The van der Waals surface area contributed by atoms with Crippen LogP contribution in [0.4, 0.5) is 0 Å². The fourth-order valence-electron chi connectivity index (χ4n) is 2.15. The molecule has 0 N–H and O–H groups in total. The van der Waals surface area contributed by atoms with Crippen LogP contribution in [0.3, 0.4) is 0 Å². The Bertz CT molecular complexity index is 507. The smallest absolute Gasteiger partial charge is 0.0287 e. The van der Waals surface area contributed by atoms with Crippen LogP contribution in [0.25, 0.3) is 9.81 Å². The van der Waals surface area contributed by atoms with Gasteiger partial charge in [0.15, 0.2) is 0 Å². The number of hydrogen-bond acceptors (Lipinski definition) is 2. The van der Waals surface area contributed by atoms with E-state index in [4.69, 9.17) is 0 Å². The molecule has 0 radical (unpaired) electrons. The number of hydrogen-bond donors (Lipinski definition) is 0. The van der Waals surface area contributed by atoms with Crippen molar-refractivity contribution < 1.29 is 0 Å². The number of rotatable bonds is 2. The summed E-state index contributed by atoms with van der Waals surface area (Å²) in [6.45, 7) is 0. The van der Waals surface area contributed by atoms with Crippen LogP contribution in [0.2, 0.25) is 0 Å². The molecule has 19 heavy (non-hydrogen) atoms. The first-order chi connectivity index (χ1) is 9.45. The Morgan fingerprint density at radius 2 is 1.00 bits per heavy atom. The highest BCUT2D eigenvalue weighted by molar-refractivity contribution is 8.14. The van der Waals surface area contributed by atoms with Crippen LogP contribution in [0.1, 0.15) is 17.5 Å². The molecular formula is C17H16S2. The molecule has 1 aliphatic heterocycles. The van der Waals surface area contributed by atoms with Crippen LogP contribution < -0.4 is 0 Å². The topological polar surface area (TPSA) is 0 Å². The maximum absolute atomic E-state index is 2.22. The molecule has 0 aliphatic carbocycles. The lowest BCUT2D eigenvalue weighted by Crippen LogP contribution is -1.86. The molecule has 0 aromatic heterocycles. The van der Waals surface area contributed by atoms with Crippen molar-refractivity contribution in [1.82, 2.24) is 0 Å². The lowest BCUT2D eigenvalue weighted by Gasteiger charge is -2.12. The van der Waals surface area contributed by atoms with Gasteiger partial charge >= 0.3 is 0 Å². The number of thioether (sulfide) groups is 2. The summed E-state index contributed by atoms with van der Waals surface area (Å²) in [5, 5.41) is 0. The van der Waals surface area contributed by atoms with Gasteiger partial charge in [0, 0.05) is 9.81 Å². The average molecular weight is 284 g/mol. The highest BCUT2D eigenvalue weighted by Crippen LogP contribution is 2.44. The van der Waals surface area contributed by atoms with Crippen molar-refractivity contribution in [2.45, 2.75) is 6.42 Å². The van der Waals surface area contributed by atoms with Gasteiger partial charge in [-0.15, -0.1) is 23.5 Å². The van der Waals surface area contributed by atoms with Crippen molar-refractivity contribution in [3.63, 3.8) is 0 Å². The van der Waals surface area contributed by atoms with Crippen molar-refractivity contribution in [1.29, 1.82) is 0 Å². The highest BCUT2D eigenvalue weighted by atomic mass is 32.2. The second-order valence-corrected chi connectivity index (χ2v) is 6.65. The van der Waals surface area contributed by atoms with E-state index in [0.717, 1.165) is 0 Å². The Kier molecular flexibility index (Phi) is 4.31. The van der Waals surface area contributed by atoms with E-state index >= 15 is 0 Å². The largest absolute Gasteiger partial charge is 0.124 e. The van der Waals surface area contributed by atoms with E-state index in [1.807, 2.05) is 23.5 Å². The molecule has 96 valence electrons. The molecule has 2 heteroatoms. The van der Waals surface area contributed by atoms with E-state index in [0.29, 0.717) is 0 Å². The molecule has 0 spiro atoms. The molecule has 3 rings (SSSR count). The van der Waals surface area contributed by atoms with E-state index in [1.54, 1.807) is 0 Å². The first-order valence-electron chi connectivity index (χ1n) is 6.56. The summed E-state index contributed by atoms with van der Waals surface area (Å²) in [6, 6.07) is 21.5. The zero-order valence-corrected chi connectivity index (χ0v) is 12.3. The molecule has 0 nitrogen and oxygen atoms in total. The van der Waals surface area contributed by atoms with Crippen LogP contribution in [0.15, 0.2) is 60.7 Å². The fourth-order valence-corrected chi connectivity index (χ4v) is 4.77. The molecular weight excluding hydrogens is 268 g/mol. The van der Waals surface area contributed by atoms with Gasteiger partial charge in [-0.05, 0) is 29.1 Å². The standard InChI is InChI=1S/C17H16S2/c1-3-8-14(9-4-1)16-17(19-13-7-12-18-16)15-10-5-2-6-11-15/h1-6,8-11H,7,12-13H2. The van der Waals surface area contributed by atoms with Crippen LogP contribution in [-0.4, -0.2) is 11.5 Å². The Labute approximate surface area is 123 Å². The highest BCUT2D eigenvalue weighted by Gasteiger charge is 2.15. The van der Waals surface area contributed by atoms with Gasteiger partial charge in [-0.2, -0.15) is 0 Å². The summed E-state index contributed by atoms with van der Waals surface area (Å²) >= 11 is 4.00. The van der Waals surface area contributed by atoms with E-state index in [1.165, 1.54) is 38.9 Å². The molecule has 0 bridgehead atoms.